The number of aryl methyl sites for hydroxylation is 1. The van der Waals surface area contributed by atoms with E-state index in [4.69, 9.17) is 9.47 Å². The van der Waals surface area contributed by atoms with Crippen LogP contribution < -0.4 is 4.74 Å². The fourth-order valence-electron chi connectivity index (χ4n) is 2.76. The van der Waals surface area contributed by atoms with Crippen LogP contribution in [-0.2, 0) is 4.74 Å². The van der Waals surface area contributed by atoms with Crippen LogP contribution in [-0.4, -0.2) is 23.0 Å². The number of hydrogen-bond acceptors (Lipinski definition) is 6. The number of non-ortho nitro benzene ring substituents is 1. The Morgan fingerprint density at radius 1 is 1.19 bits per heavy atom. The Morgan fingerprint density at radius 3 is 2.67 bits per heavy atom. The number of benzene rings is 2. The van der Waals surface area contributed by atoms with Gasteiger partial charge in [0.2, 0.25) is 0 Å². The molecule has 7 nitrogen and oxygen atoms in total. The molecule has 138 valence electrons. The first-order valence-electron chi connectivity index (χ1n) is 8.30. The Labute approximate surface area is 155 Å². The maximum atomic E-state index is 12.6. The molecule has 3 aromatic rings. The number of nitro groups is 1. The molecule has 1 heterocycles. The number of pyridine rings is 1. The molecule has 0 saturated heterocycles. The molecule has 0 aliphatic heterocycles. The number of aromatic nitrogens is 1. The number of carbonyl (C=O) groups is 1. The van der Waals surface area contributed by atoms with E-state index >= 15 is 0 Å². The second kappa shape index (κ2) is 7.41. The molecular weight excluding hydrogens is 348 g/mol. The van der Waals surface area contributed by atoms with Crippen molar-refractivity contribution in [2.75, 3.05) is 7.11 Å². The van der Waals surface area contributed by atoms with E-state index in [1.54, 1.807) is 51.3 Å². The van der Waals surface area contributed by atoms with Gasteiger partial charge in [-0.3, -0.25) is 15.1 Å². The highest BCUT2D eigenvalue weighted by Crippen LogP contribution is 2.25. The van der Waals surface area contributed by atoms with Crippen LogP contribution in [0.2, 0.25) is 0 Å². The van der Waals surface area contributed by atoms with Gasteiger partial charge in [-0.1, -0.05) is 12.1 Å². The first-order valence-corrected chi connectivity index (χ1v) is 8.30. The molecule has 0 aliphatic rings. The smallest absolute Gasteiger partial charge is 0.340 e. The molecule has 27 heavy (non-hydrogen) atoms. The summed E-state index contributed by atoms with van der Waals surface area (Å²) in [6, 6.07) is 13.2. The summed E-state index contributed by atoms with van der Waals surface area (Å²) < 4.78 is 10.7. The number of ether oxygens (including phenoxy) is 2. The predicted molar refractivity (Wildman–Crippen MR) is 100.0 cm³/mol. The van der Waals surface area contributed by atoms with Crippen molar-refractivity contribution in [1.82, 2.24) is 4.98 Å². The van der Waals surface area contributed by atoms with Crippen LogP contribution in [0.3, 0.4) is 0 Å². The van der Waals surface area contributed by atoms with Crippen molar-refractivity contribution >= 4 is 22.6 Å². The van der Waals surface area contributed by atoms with Gasteiger partial charge in [0, 0.05) is 23.6 Å². The van der Waals surface area contributed by atoms with Gasteiger partial charge in [-0.25, -0.2) is 4.79 Å². The Hall–Kier alpha value is -3.48. The van der Waals surface area contributed by atoms with E-state index in [1.807, 2.05) is 6.07 Å². The molecule has 0 fully saturated rings. The summed E-state index contributed by atoms with van der Waals surface area (Å²) in [7, 11) is 1.58. The highest BCUT2D eigenvalue weighted by molar-refractivity contribution is 5.95. The molecule has 0 unspecified atom stereocenters. The topological polar surface area (TPSA) is 91.6 Å². The number of nitrogens with zero attached hydrogens (tertiary/aromatic N) is 2. The molecule has 3 rings (SSSR count). The van der Waals surface area contributed by atoms with E-state index in [-0.39, 0.29) is 5.69 Å². The quantitative estimate of drug-likeness (QED) is 0.378. The highest BCUT2D eigenvalue weighted by atomic mass is 16.6. The van der Waals surface area contributed by atoms with Crippen molar-refractivity contribution in [2.24, 2.45) is 0 Å². The SMILES string of the molecule is COc1ccc2cc(C(=O)O[C@@H](C)c3cccc([N+](=O)[O-])c3)c(C)nc2c1. The molecule has 0 saturated carbocycles. The molecular formula is C20H18N2O5. The van der Waals surface area contributed by atoms with Crippen LogP contribution >= 0.6 is 0 Å². The summed E-state index contributed by atoms with van der Waals surface area (Å²) in [6.07, 6.45) is -0.636. The van der Waals surface area contributed by atoms with Gasteiger partial charge in [0.25, 0.3) is 5.69 Å². The number of esters is 1. The summed E-state index contributed by atoms with van der Waals surface area (Å²) in [4.78, 5) is 27.5. The highest BCUT2D eigenvalue weighted by Gasteiger charge is 2.19. The molecule has 1 aromatic heterocycles. The Balaban J connectivity index is 1.86. The third-order valence-corrected chi connectivity index (χ3v) is 4.27. The molecule has 2 aromatic carbocycles. The van der Waals surface area contributed by atoms with Gasteiger partial charge in [0.15, 0.2) is 0 Å². The van der Waals surface area contributed by atoms with Crippen LogP contribution in [0, 0.1) is 17.0 Å². The number of rotatable bonds is 5. The number of carbonyl (C=O) groups excluding carboxylic acids is 1. The van der Waals surface area contributed by atoms with Gasteiger partial charge >= 0.3 is 5.97 Å². The summed E-state index contributed by atoms with van der Waals surface area (Å²) in [5, 5.41) is 11.7. The molecule has 0 radical (unpaired) electrons. The van der Waals surface area contributed by atoms with Crippen molar-refractivity contribution in [3.63, 3.8) is 0 Å². The minimum atomic E-state index is -0.636. The largest absolute Gasteiger partial charge is 0.497 e. The van der Waals surface area contributed by atoms with E-state index in [9.17, 15) is 14.9 Å². The molecule has 7 heteroatoms. The number of hydrogen-bond donors (Lipinski definition) is 0. The van der Waals surface area contributed by atoms with Gasteiger partial charge in [0.05, 0.1) is 28.8 Å². The number of methoxy groups -OCH3 is 1. The molecule has 0 spiro atoms. The Morgan fingerprint density at radius 2 is 1.96 bits per heavy atom. The maximum Gasteiger partial charge on any atom is 0.340 e. The lowest BCUT2D eigenvalue weighted by molar-refractivity contribution is -0.385. The van der Waals surface area contributed by atoms with E-state index in [1.165, 1.54) is 12.1 Å². The molecule has 1 atom stereocenters. The number of fused-ring (bicyclic) bond motifs is 1. The zero-order chi connectivity index (χ0) is 19.6. The van der Waals surface area contributed by atoms with Crippen LogP contribution in [0.15, 0.2) is 48.5 Å². The zero-order valence-corrected chi connectivity index (χ0v) is 15.1. The first kappa shape index (κ1) is 18.3. The fraction of sp³-hybridized carbons (Fsp3) is 0.200. The van der Waals surface area contributed by atoms with E-state index in [2.05, 4.69) is 4.98 Å². The second-order valence-electron chi connectivity index (χ2n) is 6.08. The van der Waals surface area contributed by atoms with E-state index in [0.29, 0.717) is 22.6 Å². The fourth-order valence-corrected chi connectivity index (χ4v) is 2.76. The van der Waals surface area contributed by atoms with Crippen LogP contribution in [0.25, 0.3) is 10.9 Å². The molecule has 0 bridgehead atoms. The van der Waals surface area contributed by atoms with Crippen LogP contribution in [0.5, 0.6) is 5.75 Å². The average molecular weight is 366 g/mol. The van der Waals surface area contributed by atoms with Gasteiger partial charge < -0.3 is 9.47 Å². The summed E-state index contributed by atoms with van der Waals surface area (Å²) in [6.45, 7) is 3.40. The van der Waals surface area contributed by atoms with Gasteiger partial charge in [-0.2, -0.15) is 0 Å². The summed E-state index contributed by atoms with van der Waals surface area (Å²) in [5.41, 5.74) is 2.11. The summed E-state index contributed by atoms with van der Waals surface area (Å²) in [5.74, 6) is 0.153. The van der Waals surface area contributed by atoms with E-state index < -0.39 is 17.0 Å². The number of nitro benzene ring substituents is 1. The van der Waals surface area contributed by atoms with Gasteiger partial charge in [0.1, 0.15) is 11.9 Å². The molecule has 0 N–H and O–H groups in total. The van der Waals surface area contributed by atoms with Crippen molar-refractivity contribution in [2.45, 2.75) is 20.0 Å². The van der Waals surface area contributed by atoms with Gasteiger partial charge in [-0.15, -0.1) is 0 Å². The Kier molecular flexibility index (Phi) is 5.03. The third-order valence-electron chi connectivity index (χ3n) is 4.27. The maximum absolute atomic E-state index is 12.6. The minimum absolute atomic E-state index is 0.0482. The van der Waals surface area contributed by atoms with E-state index in [0.717, 1.165) is 10.9 Å². The third kappa shape index (κ3) is 3.87. The molecule has 0 aliphatic carbocycles. The van der Waals surface area contributed by atoms with Crippen molar-refractivity contribution in [3.8, 4) is 5.75 Å². The van der Waals surface area contributed by atoms with Crippen molar-refractivity contribution < 1.29 is 19.2 Å². The average Bonchev–Trinajstić information content (AvgIpc) is 2.66. The Bertz CT molecular complexity index is 1030. The lowest BCUT2D eigenvalue weighted by Gasteiger charge is -2.15. The van der Waals surface area contributed by atoms with Crippen molar-refractivity contribution in [3.05, 3.63) is 75.5 Å². The normalized spacial score (nSPS) is 11.8. The van der Waals surface area contributed by atoms with Crippen molar-refractivity contribution in [1.29, 1.82) is 0 Å². The predicted octanol–water partition coefficient (Wildman–Crippen LogP) is 4.38. The second-order valence-corrected chi connectivity index (χ2v) is 6.08. The molecule has 0 amide bonds. The standard InChI is InChI=1S/C20H18N2O5/c1-12-18(10-15-7-8-17(26-3)11-19(15)21-12)20(23)27-13(2)14-5-4-6-16(9-14)22(24)25/h4-11,13H,1-3H3/t13-/m0/s1. The monoisotopic (exact) mass is 366 g/mol. The minimum Gasteiger partial charge on any atom is -0.497 e. The lowest BCUT2D eigenvalue weighted by Crippen LogP contribution is -2.11. The lowest BCUT2D eigenvalue weighted by atomic mass is 10.1. The zero-order valence-electron chi connectivity index (χ0n) is 15.1. The van der Waals surface area contributed by atoms with Gasteiger partial charge in [-0.05, 0) is 37.6 Å². The van der Waals surface area contributed by atoms with Crippen LogP contribution in [0.4, 0.5) is 5.69 Å². The van der Waals surface area contributed by atoms with Crippen LogP contribution in [0.1, 0.15) is 34.6 Å². The first-order chi connectivity index (χ1) is 12.9. The summed E-state index contributed by atoms with van der Waals surface area (Å²) >= 11 is 0.